The van der Waals surface area contributed by atoms with Crippen LogP contribution in [0.2, 0.25) is 0 Å². The van der Waals surface area contributed by atoms with E-state index in [2.05, 4.69) is 0 Å². The third-order valence-electron chi connectivity index (χ3n) is 4.69. The van der Waals surface area contributed by atoms with E-state index >= 15 is 0 Å². The van der Waals surface area contributed by atoms with Crippen LogP contribution < -0.4 is 0 Å². The Labute approximate surface area is 193 Å². The van der Waals surface area contributed by atoms with Gasteiger partial charge in [0.1, 0.15) is 16.9 Å². The summed E-state index contributed by atoms with van der Waals surface area (Å²) in [5, 5.41) is 43.6. The van der Waals surface area contributed by atoms with Crippen molar-refractivity contribution in [3.8, 4) is 0 Å². The van der Waals surface area contributed by atoms with Crippen LogP contribution in [0.15, 0.2) is 59.2 Å². The van der Waals surface area contributed by atoms with E-state index in [4.69, 9.17) is 4.42 Å². The Kier molecular flexibility index (Phi) is 6.61. The molecule has 0 unspecified atom stereocenters. The van der Waals surface area contributed by atoms with Crippen LogP contribution >= 0.6 is 0 Å². The molecule has 15 heteroatoms. The van der Waals surface area contributed by atoms with Gasteiger partial charge in [-0.25, -0.2) is 4.79 Å². The summed E-state index contributed by atoms with van der Waals surface area (Å²) in [7, 11) is 0. The Bertz CT molecular complexity index is 1350. The molecule has 0 aliphatic carbocycles. The number of nitrogens with zero attached hydrogens (tertiary/aromatic N) is 4. The third-order valence-corrected chi connectivity index (χ3v) is 4.69. The van der Waals surface area contributed by atoms with Gasteiger partial charge in [0.05, 0.1) is 33.1 Å². The number of nitro benzene ring substituents is 3. The normalized spacial score (nSPS) is 10.4. The van der Waals surface area contributed by atoms with E-state index < -0.39 is 72.9 Å². The molecule has 0 spiro atoms. The molecule has 1 N–H and O–H groups in total. The predicted molar refractivity (Wildman–Crippen MR) is 113 cm³/mol. The molecular weight excluding hydrogens is 472 g/mol. The van der Waals surface area contributed by atoms with Gasteiger partial charge in [-0.3, -0.25) is 44.8 Å². The first-order valence-corrected chi connectivity index (χ1v) is 9.35. The number of amides is 2. The second-order valence-electron chi connectivity index (χ2n) is 6.75. The number of hydrogen-bond acceptors (Lipinski definition) is 10. The maximum Gasteiger partial charge on any atom is 0.336 e. The molecule has 0 atom stereocenters. The van der Waals surface area contributed by atoms with Crippen molar-refractivity contribution in [2.24, 2.45) is 0 Å². The average molecular weight is 484 g/mol. The summed E-state index contributed by atoms with van der Waals surface area (Å²) < 4.78 is 5.09. The Hall–Kier alpha value is -5.47. The third kappa shape index (κ3) is 4.82. The number of carboxylic acid groups (broad SMARTS) is 1. The molecule has 0 saturated carbocycles. The molecule has 35 heavy (non-hydrogen) atoms. The van der Waals surface area contributed by atoms with Crippen LogP contribution in [0.4, 0.5) is 17.1 Å². The summed E-state index contributed by atoms with van der Waals surface area (Å²) in [6.07, 6.45) is 1.17. The quantitative estimate of drug-likeness (QED) is 0.278. The summed E-state index contributed by atoms with van der Waals surface area (Å²) in [5.41, 5.74) is -5.20. The number of rotatable bonds is 8. The smallest absolute Gasteiger partial charge is 0.336 e. The maximum absolute atomic E-state index is 13.4. The molecular formula is C20H12N4O11. The van der Waals surface area contributed by atoms with Gasteiger partial charge in [0.25, 0.3) is 28.9 Å². The zero-order chi connectivity index (χ0) is 25.9. The maximum atomic E-state index is 13.4. The van der Waals surface area contributed by atoms with Crippen LogP contribution in [-0.4, -0.2) is 42.6 Å². The van der Waals surface area contributed by atoms with E-state index in [1.54, 1.807) is 0 Å². The van der Waals surface area contributed by atoms with Crippen LogP contribution in [0, 0.1) is 30.3 Å². The van der Waals surface area contributed by atoms with Crippen molar-refractivity contribution in [1.82, 2.24) is 4.90 Å². The summed E-state index contributed by atoms with van der Waals surface area (Å²) in [5.74, 6) is -4.70. The van der Waals surface area contributed by atoms with Gasteiger partial charge in [0.2, 0.25) is 0 Å². The van der Waals surface area contributed by atoms with E-state index in [-0.39, 0.29) is 10.7 Å². The lowest BCUT2D eigenvalue weighted by Crippen LogP contribution is -2.38. The predicted octanol–water partition coefficient (Wildman–Crippen LogP) is 3.19. The number of imide groups is 1. The number of nitro groups is 3. The van der Waals surface area contributed by atoms with Crippen molar-refractivity contribution in [2.75, 3.05) is 0 Å². The fraction of sp³-hybridized carbons (Fsp3) is 0.0500. The van der Waals surface area contributed by atoms with Crippen LogP contribution in [-0.2, 0) is 6.54 Å². The first-order chi connectivity index (χ1) is 16.5. The summed E-state index contributed by atoms with van der Waals surface area (Å²) in [6, 6.07) is 7.48. The topological polar surface area (TPSA) is 217 Å². The Morgan fingerprint density at radius 2 is 1.51 bits per heavy atom. The first-order valence-electron chi connectivity index (χ1n) is 9.35. The van der Waals surface area contributed by atoms with Gasteiger partial charge in [-0.05, 0) is 18.2 Å². The van der Waals surface area contributed by atoms with Crippen LogP contribution in [0.25, 0.3) is 0 Å². The minimum atomic E-state index is -1.72. The highest BCUT2D eigenvalue weighted by Gasteiger charge is 2.37. The van der Waals surface area contributed by atoms with Crippen molar-refractivity contribution in [2.45, 2.75) is 6.54 Å². The lowest BCUT2D eigenvalue weighted by molar-refractivity contribution is -0.389. The number of hydrogen-bond donors (Lipinski definition) is 1. The monoisotopic (exact) mass is 484 g/mol. The van der Waals surface area contributed by atoms with Crippen molar-refractivity contribution in [3.63, 3.8) is 0 Å². The van der Waals surface area contributed by atoms with E-state index in [0.717, 1.165) is 24.3 Å². The molecule has 1 heterocycles. The summed E-state index contributed by atoms with van der Waals surface area (Å²) in [6.45, 7) is -0.727. The SMILES string of the molecule is O=C(O)c1cccc([N+](=O)[O-])c1C(=O)N(Cc1ccco1)C(=O)c1cc([N+](=O)[O-])ccc1[N+](=O)[O-]. The zero-order valence-corrected chi connectivity index (χ0v) is 17.2. The number of furan rings is 1. The number of carbonyl (C=O) groups is 3. The Balaban J connectivity index is 2.25. The molecule has 3 rings (SSSR count). The highest BCUT2D eigenvalue weighted by molar-refractivity contribution is 6.16. The summed E-state index contributed by atoms with van der Waals surface area (Å²) in [4.78, 5) is 69.9. The van der Waals surface area contributed by atoms with Crippen molar-refractivity contribution in [3.05, 3.63) is 108 Å². The zero-order valence-electron chi connectivity index (χ0n) is 17.2. The van der Waals surface area contributed by atoms with Crippen molar-refractivity contribution >= 4 is 34.8 Å². The lowest BCUT2D eigenvalue weighted by atomic mass is 10.0. The highest BCUT2D eigenvalue weighted by Crippen LogP contribution is 2.29. The van der Waals surface area contributed by atoms with Crippen molar-refractivity contribution in [1.29, 1.82) is 0 Å². The van der Waals surface area contributed by atoms with Gasteiger partial charge in [-0.2, -0.15) is 0 Å². The highest BCUT2D eigenvalue weighted by atomic mass is 16.6. The van der Waals surface area contributed by atoms with E-state index in [9.17, 15) is 49.8 Å². The fourth-order valence-corrected chi connectivity index (χ4v) is 3.14. The number of aromatic carboxylic acids is 1. The van der Waals surface area contributed by atoms with Crippen LogP contribution in [0.1, 0.15) is 36.8 Å². The second-order valence-corrected chi connectivity index (χ2v) is 6.75. The number of benzene rings is 2. The number of non-ortho nitro benzene ring substituents is 1. The Morgan fingerprint density at radius 3 is 2.06 bits per heavy atom. The second kappa shape index (κ2) is 9.57. The van der Waals surface area contributed by atoms with Gasteiger partial charge in [-0.1, -0.05) is 6.07 Å². The molecule has 3 aromatic rings. The van der Waals surface area contributed by atoms with Gasteiger partial charge >= 0.3 is 5.97 Å². The van der Waals surface area contributed by atoms with Gasteiger partial charge < -0.3 is 9.52 Å². The fourth-order valence-electron chi connectivity index (χ4n) is 3.14. The molecule has 15 nitrogen and oxygen atoms in total. The molecule has 0 radical (unpaired) electrons. The van der Waals surface area contributed by atoms with E-state index in [0.29, 0.717) is 12.1 Å². The molecule has 1 aromatic heterocycles. The van der Waals surface area contributed by atoms with Crippen molar-refractivity contribution < 1.29 is 38.7 Å². The molecule has 2 aromatic carbocycles. The van der Waals surface area contributed by atoms with Gasteiger partial charge in [-0.15, -0.1) is 0 Å². The molecule has 0 aliphatic heterocycles. The number of carbonyl (C=O) groups excluding carboxylic acids is 2. The molecule has 0 bridgehead atoms. The van der Waals surface area contributed by atoms with Crippen LogP contribution in [0.3, 0.4) is 0 Å². The molecule has 0 saturated heterocycles. The number of carboxylic acids is 1. The molecule has 178 valence electrons. The average Bonchev–Trinajstić information content (AvgIpc) is 3.33. The van der Waals surface area contributed by atoms with Gasteiger partial charge in [0, 0.05) is 24.3 Å². The minimum absolute atomic E-state index is 0.0461. The minimum Gasteiger partial charge on any atom is -0.478 e. The summed E-state index contributed by atoms with van der Waals surface area (Å²) >= 11 is 0. The van der Waals surface area contributed by atoms with E-state index in [1.807, 2.05) is 0 Å². The molecule has 0 fully saturated rings. The van der Waals surface area contributed by atoms with Gasteiger partial charge in [0.15, 0.2) is 0 Å². The van der Waals surface area contributed by atoms with E-state index in [1.165, 1.54) is 18.4 Å². The van der Waals surface area contributed by atoms with Crippen LogP contribution in [0.5, 0.6) is 0 Å². The standard InChI is InChI=1S/C20H12N4O11/c25-18(14-9-11(22(29)30)6-7-15(14)23(31)32)21(10-12-3-2-8-35-12)19(26)17-13(20(27)28)4-1-5-16(17)24(33)34/h1-9H,10H2,(H,27,28). The Morgan fingerprint density at radius 1 is 0.829 bits per heavy atom. The molecule has 0 aliphatic rings. The molecule has 2 amide bonds. The lowest BCUT2D eigenvalue weighted by Gasteiger charge is -2.20. The first kappa shape index (κ1) is 24.2. The largest absolute Gasteiger partial charge is 0.478 e.